The lowest BCUT2D eigenvalue weighted by Crippen LogP contribution is -2.00. The number of anilines is 1. The topological polar surface area (TPSA) is 79.6 Å². The van der Waals surface area contributed by atoms with Crippen LogP contribution in [0.4, 0.5) is 5.95 Å². The van der Waals surface area contributed by atoms with Gasteiger partial charge in [0.2, 0.25) is 5.95 Å². The van der Waals surface area contributed by atoms with Crippen LogP contribution in [0, 0.1) is 0 Å². The van der Waals surface area contributed by atoms with E-state index in [0.717, 1.165) is 42.0 Å². The fraction of sp³-hybridized carbons (Fsp3) is 0.148. The van der Waals surface area contributed by atoms with Crippen molar-refractivity contribution in [3.63, 3.8) is 0 Å². The lowest BCUT2D eigenvalue weighted by Gasteiger charge is -2.09. The number of benzene rings is 3. The summed E-state index contributed by atoms with van der Waals surface area (Å²) in [7, 11) is 0. The molecular formula is C27H26N4O2. The molecule has 1 heterocycles. The highest BCUT2D eigenvalue weighted by Gasteiger charge is 2.11. The zero-order valence-corrected chi connectivity index (χ0v) is 18.5. The molecule has 0 saturated heterocycles. The minimum Gasteiger partial charge on any atom is -0.507 e. The maximum atomic E-state index is 10.3. The van der Waals surface area contributed by atoms with E-state index in [2.05, 4.69) is 27.4 Å². The van der Waals surface area contributed by atoms with Gasteiger partial charge >= 0.3 is 0 Å². The number of aromatic hydroxyl groups is 1. The number of aromatic nitrogens is 2. The Kier molecular flexibility index (Phi) is 7.28. The quantitative estimate of drug-likeness (QED) is 0.186. The molecule has 4 rings (SSSR count). The predicted molar refractivity (Wildman–Crippen MR) is 133 cm³/mol. The molecule has 33 heavy (non-hydrogen) atoms. The third-order valence-corrected chi connectivity index (χ3v) is 5.00. The van der Waals surface area contributed by atoms with Crippen LogP contribution in [0.2, 0.25) is 0 Å². The first-order valence-corrected chi connectivity index (χ1v) is 11.0. The molecule has 6 heteroatoms. The third kappa shape index (κ3) is 5.95. The minimum absolute atomic E-state index is 0.158. The van der Waals surface area contributed by atoms with Crippen molar-refractivity contribution in [2.45, 2.75) is 19.8 Å². The molecule has 0 spiro atoms. The standard InChI is InChI=1S/C27H26N4O2/c1-2-3-17-33-22-15-13-20(14-16-22)19-28-31-27-29-24(21-9-5-4-6-10-21)18-25(30-27)23-11-7-8-12-26(23)32/h4-16,18-19,32H,2-3,17H2,1H3,(H,29,30,31)/b28-19-. The summed E-state index contributed by atoms with van der Waals surface area (Å²) in [6, 6.07) is 26.5. The molecule has 2 N–H and O–H groups in total. The van der Waals surface area contributed by atoms with Gasteiger partial charge in [-0.05, 0) is 54.4 Å². The van der Waals surface area contributed by atoms with Gasteiger partial charge in [-0.3, -0.25) is 0 Å². The Hall–Kier alpha value is -4.19. The van der Waals surface area contributed by atoms with E-state index in [4.69, 9.17) is 4.74 Å². The predicted octanol–water partition coefficient (Wildman–Crippen LogP) is 6.14. The van der Waals surface area contributed by atoms with Gasteiger partial charge in [0.25, 0.3) is 0 Å². The highest BCUT2D eigenvalue weighted by molar-refractivity contribution is 5.80. The van der Waals surface area contributed by atoms with Crippen LogP contribution in [0.15, 0.2) is 90.0 Å². The largest absolute Gasteiger partial charge is 0.507 e. The van der Waals surface area contributed by atoms with Crippen molar-refractivity contribution in [1.82, 2.24) is 9.97 Å². The summed E-state index contributed by atoms with van der Waals surface area (Å²) in [6.45, 7) is 2.86. The SMILES string of the molecule is CCCCOc1ccc(/C=N\Nc2nc(-c3ccccc3)cc(-c3ccccc3O)n2)cc1. The average molecular weight is 439 g/mol. The van der Waals surface area contributed by atoms with Crippen molar-refractivity contribution < 1.29 is 9.84 Å². The van der Waals surface area contributed by atoms with Gasteiger partial charge < -0.3 is 9.84 Å². The van der Waals surface area contributed by atoms with Crippen molar-refractivity contribution in [2.75, 3.05) is 12.0 Å². The molecule has 4 aromatic rings. The first kappa shape index (κ1) is 22.0. The molecule has 0 amide bonds. The van der Waals surface area contributed by atoms with Gasteiger partial charge in [-0.2, -0.15) is 5.10 Å². The van der Waals surface area contributed by atoms with Gasteiger partial charge in [-0.1, -0.05) is 55.8 Å². The number of hydrogen-bond acceptors (Lipinski definition) is 6. The van der Waals surface area contributed by atoms with Crippen molar-refractivity contribution in [3.8, 4) is 34.0 Å². The second-order valence-electron chi connectivity index (χ2n) is 7.49. The number of hydrogen-bond donors (Lipinski definition) is 2. The van der Waals surface area contributed by atoms with Crippen LogP contribution >= 0.6 is 0 Å². The smallest absolute Gasteiger partial charge is 0.244 e. The van der Waals surface area contributed by atoms with Crippen molar-refractivity contribution >= 4 is 12.2 Å². The molecule has 0 bridgehead atoms. The number of unbranched alkanes of at least 4 members (excludes halogenated alkanes) is 1. The molecule has 1 aromatic heterocycles. The second-order valence-corrected chi connectivity index (χ2v) is 7.49. The normalized spacial score (nSPS) is 10.9. The van der Waals surface area contributed by atoms with Crippen molar-refractivity contribution in [3.05, 3.63) is 90.5 Å². The Morgan fingerprint density at radius 3 is 2.39 bits per heavy atom. The Labute approximate surface area is 193 Å². The molecule has 3 aromatic carbocycles. The third-order valence-electron chi connectivity index (χ3n) is 5.00. The van der Waals surface area contributed by atoms with E-state index in [-0.39, 0.29) is 5.75 Å². The zero-order chi connectivity index (χ0) is 22.9. The van der Waals surface area contributed by atoms with Crippen LogP contribution in [0.5, 0.6) is 11.5 Å². The first-order chi connectivity index (χ1) is 16.2. The fourth-order valence-electron chi connectivity index (χ4n) is 3.23. The van der Waals surface area contributed by atoms with E-state index in [1.807, 2.05) is 72.8 Å². The maximum Gasteiger partial charge on any atom is 0.244 e. The molecule has 0 radical (unpaired) electrons. The van der Waals surface area contributed by atoms with Crippen LogP contribution in [-0.4, -0.2) is 27.9 Å². The van der Waals surface area contributed by atoms with E-state index in [0.29, 0.717) is 17.2 Å². The van der Waals surface area contributed by atoms with Gasteiger partial charge in [-0.15, -0.1) is 0 Å². The monoisotopic (exact) mass is 438 g/mol. The molecule has 6 nitrogen and oxygen atoms in total. The molecule has 0 saturated carbocycles. The van der Waals surface area contributed by atoms with Crippen LogP contribution in [-0.2, 0) is 0 Å². The average Bonchev–Trinajstić information content (AvgIpc) is 2.86. The lowest BCUT2D eigenvalue weighted by molar-refractivity contribution is 0.309. The van der Waals surface area contributed by atoms with E-state index >= 15 is 0 Å². The summed E-state index contributed by atoms with van der Waals surface area (Å²) in [5, 5.41) is 14.6. The summed E-state index contributed by atoms with van der Waals surface area (Å²) in [6.07, 6.45) is 3.85. The number of para-hydroxylation sites is 1. The maximum absolute atomic E-state index is 10.3. The number of nitrogens with zero attached hydrogens (tertiary/aromatic N) is 3. The summed E-state index contributed by atoms with van der Waals surface area (Å²) in [4.78, 5) is 9.17. The van der Waals surface area contributed by atoms with Crippen LogP contribution < -0.4 is 10.2 Å². The zero-order valence-electron chi connectivity index (χ0n) is 18.5. The van der Waals surface area contributed by atoms with E-state index in [9.17, 15) is 5.11 Å². The molecule has 0 aliphatic carbocycles. The number of nitrogens with one attached hydrogen (secondary N) is 1. The van der Waals surface area contributed by atoms with E-state index < -0.39 is 0 Å². The highest BCUT2D eigenvalue weighted by atomic mass is 16.5. The Bertz CT molecular complexity index is 1210. The number of hydrazone groups is 1. The highest BCUT2D eigenvalue weighted by Crippen LogP contribution is 2.30. The van der Waals surface area contributed by atoms with Gasteiger partial charge in [0, 0.05) is 11.1 Å². The van der Waals surface area contributed by atoms with E-state index in [1.54, 1.807) is 18.3 Å². The molecule has 0 fully saturated rings. The summed E-state index contributed by atoms with van der Waals surface area (Å²) in [5.74, 6) is 1.34. The summed E-state index contributed by atoms with van der Waals surface area (Å²) >= 11 is 0. The Morgan fingerprint density at radius 2 is 1.64 bits per heavy atom. The minimum atomic E-state index is 0.158. The number of ether oxygens (including phenoxy) is 1. The molecule has 0 unspecified atom stereocenters. The van der Waals surface area contributed by atoms with E-state index in [1.165, 1.54) is 0 Å². The second kappa shape index (κ2) is 10.9. The molecule has 0 aliphatic rings. The number of phenols is 1. The van der Waals surface area contributed by atoms with Crippen molar-refractivity contribution in [1.29, 1.82) is 0 Å². The lowest BCUT2D eigenvalue weighted by atomic mass is 10.1. The summed E-state index contributed by atoms with van der Waals surface area (Å²) < 4.78 is 5.69. The number of rotatable bonds is 9. The molecule has 0 aliphatic heterocycles. The van der Waals surface area contributed by atoms with Crippen LogP contribution in [0.1, 0.15) is 25.3 Å². The Balaban J connectivity index is 1.55. The van der Waals surface area contributed by atoms with Gasteiger partial charge in [0.1, 0.15) is 11.5 Å². The van der Waals surface area contributed by atoms with Crippen LogP contribution in [0.25, 0.3) is 22.5 Å². The number of phenolic OH excluding ortho intramolecular Hbond substituents is 1. The molecule has 0 atom stereocenters. The Morgan fingerprint density at radius 1 is 0.909 bits per heavy atom. The molecular weight excluding hydrogens is 412 g/mol. The van der Waals surface area contributed by atoms with Crippen molar-refractivity contribution in [2.24, 2.45) is 5.10 Å². The van der Waals surface area contributed by atoms with Gasteiger partial charge in [0.15, 0.2) is 0 Å². The molecule has 166 valence electrons. The summed E-state index contributed by atoms with van der Waals surface area (Å²) in [5.41, 5.74) is 6.76. The van der Waals surface area contributed by atoms with Gasteiger partial charge in [0.05, 0.1) is 24.2 Å². The van der Waals surface area contributed by atoms with Gasteiger partial charge in [-0.25, -0.2) is 15.4 Å². The first-order valence-electron chi connectivity index (χ1n) is 11.0. The fourth-order valence-corrected chi connectivity index (χ4v) is 3.23. The van der Waals surface area contributed by atoms with Crippen LogP contribution in [0.3, 0.4) is 0 Å².